The molecule has 1 saturated heterocycles. The van der Waals surface area contributed by atoms with Gasteiger partial charge in [0.1, 0.15) is 5.78 Å². The maximum atomic E-state index is 13.6. The van der Waals surface area contributed by atoms with Crippen molar-refractivity contribution in [3.8, 4) is 0 Å². The van der Waals surface area contributed by atoms with Crippen molar-refractivity contribution >= 4 is 29.9 Å². The van der Waals surface area contributed by atoms with Gasteiger partial charge in [-0.05, 0) is 43.7 Å². The minimum Gasteiger partial charge on any atom is -0.467 e. The number of carbonyl (C=O) groups is 4. The number of para-hydroxylation sites is 1. The van der Waals surface area contributed by atoms with E-state index in [1.807, 2.05) is 18.2 Å². The number of rotatable bonds is 2. The molecule has 4 atom stereocenters. The molecule has 8 heteroatoms. The zero-order valence-corrected chi connectivity index (χ0v) is 17.8. The number of carbonyl (C=O) groups excluding carboxylic acids is 4. The van der Waals surface area contributed by atoms with Gasteiger partial charge in [-0.2, -0.15) is 0 Å². The van der Waals surface area contributed by atoms with Crippen LogP contribution in [0.25, 0.3) is 0 Å². The highest BCUT2D eigenvalue weighted by Gasteiger charge is 2.79. The summed E-state index contributed by atoms with van der Waals surface area (Å²) in [7, 11) is 2.61. The van der Waals surface area contributed by atoms with Crippen LogP contribution in [0.4, 0.5) is 10.5 Å². The van der Waals surface area contributed by atoms with Gasteiger partial charge in [0, 0.05) is 13.0 Å². The number of methoxy groups -OCH3 is 2. The van der Waals surface area contributed by atoms with Gasteiger partial charge >= 0.3 is 12.1 Å². The van der Waals surface area contributed by atoms with E-state index in [9.17, 15) is 19.2 Å². The minimum absolute atomic E-state index is 0.155. The van der Waals surface area contributed by atoms with Gasteiger partial charge in [-0.3, -0.25) is 14.5 Å². The Hall–Kier alpha value is -2.90. The quantitative estimate of drug-likeness (QED) is 0.532. The molecule has 2 aliphatic carbocycles. The number of piperidine rings is 1. The lowest BCUT2D eigenvalue weighted by Crippen LogP contribution is -2.80. The van der Waals surface area contributed by atoms with Crippen LogP contribution in [0.2, 0.25) is 0 Å². The lowest BCUT2D eigenvalue weighted by molar-refractivity contribution is -0.177. The molecule has 0 radical (unpaired) electrons. The van der Waals surface area contributed by atoms with Crippen LogP contribution in [0.15, 0.2) is 24.3 Å². The summed E-state index contributed by atoms with van der Waals surface area (Å²) < 4.78 is 10.5. The van der Waals surface area contributed by atoms with Gasteiger partial charge < -0.3 is 14.4 Å². The molecule has 1 aromatic rings. The molecule has 1 spiro atoms. The molecule has 3 fully saturated rings. The molecule has 31 heavy (non-hydrogen) atoms. The summed E-state index contributed by atoms with van der Waals surface area (Å²) in [5.41, 5.74) is -1.65. The van der Waals surface area contributed by atoms with Gasteiger partial charge in [0.15, 0.2) is 5.54 Å². The molecular formula is C23H26N2O6. The fourth-order valence-electron chi connectivity index (χ4n) is 7.44. The van der Waals surface area contributed by atoms with E-state index in [-0.39, 0.29) is 12.2 Å². The van der Waals surface area contributed by atoms with Gasteiger partial charge in [0.25, 0.3) is 0 Å². The molecule has 2 saturated carbocycles. The first-order valence-electron chi connectivity index (χ1n) is 10.7. The normalized spacial score (nSPS) is 35.5. The maximum absolute atomic E-state index is 13.6. The van der Waals surface area contributed by atoms with Crippen molar-refractivity contribution in [3.05, 3.63) is 29.8 Å². The van der Waals surface area contributed by atoms with Crippen LogP contribution in [-0.2, 0) is 29.3 Å². The van der Waals surface area contributed by atoms with Gasteiger partial charge in [0.2, 0.25) is 6.41 Å². The van der Waals surface area contributed by atoms with E-state index in [1.54, 1.807) is 11.0 Å². The molecule has 0 unspecified atom stereocenters. The third kappa shape index (κ3) is 2.06. The zero-order valence-electron chi connectivity index (χ0n) is 17.8. The molecule has 2 amide bonds. The Bertz CT molecular complexity index is 994. The molecule has 1 aromatic carbocycles. The Labute approximate surface area is 180 Å². The Morgan fingerprint density at radius 3 is 2.58 bits per heavy atom. The highest BCUT2D eigenvalue weighted by molar-refractivity contribution is 6.06. The highest BCUT2D eigenvalue weighted by Crippen LogP contribution is 2.69. The second kappa shape index (κ2) is 6.55. The molecule has 2 heterocycles. The van der Waals surface area contributed by atoms with Crippen molar-refractivity contribution in [2.24, 2.45) is 5.41 Å². The Morgan fingerprint density at radius 1 is 1.10 bits per heavy atom. The van der Waals surface area contributed by atoms with Crippen LogP contribution < -0.4 is 4.90 Å². The van der Waals surface area contributed by atoms with E-state index >= 15 is 0 Å². The number of anilines is 1. The lowest BCUT2D eigenvalue weighted by atomic mass is 9.42. The molecule has 2 bridgehead atoms. The average molecular weight is 426 g/mol. The van der Waals surface area contributed by atoms with Gasteiger partial charge in [-0.25, -0.2) is 9.59 Å². The predicted octanol–water partition coefficient (Wildman–Crippen LogP) is 2.19. The third-order valence-electron chi connectivity index (χ3n) is 8.36. The van der Waals surface area contributed by atoms with Crippen molar-refractivity contribution in [3.63, 3.8) is 0 Å². The average Bonchev–Trinajstić information content (AvgIpc) is 3.07. The second-order valence-corrected chi connectivity index (χ2v) is 9.07. The van der Waals surface area contributed by atoms with Crippen molar-refractivity contribution in [1.29, 1.82) is 0 Å². The van der Waals surface area contributed by atoms with Crippen molar-refractivity contribution in [1.82, 2.24) is 4.90 Å². The first kappa shape index (κ1) is 20.0. The molecule has 2 aliphatic heterocycles. The van der Waals surface area contributed by atoms with Gasteiger partial charge in [-0.1, -0.05) is 18.2 Å². The topological polar surface area (TPSA) is 93.2 Å². The van der Waals surface area contributed by atoms with E-state index < -0.39 is 34.5 Å². The van der Waals surface area contributed by atoms with E-state index in [1.165, 1.54) is 19.1 Å². The van der Waals surface area contributed by atoms with E-state index in [2.05, 4.69) is 0 Å². The van der Waals surface area contributed by atoms with Crippen LogP contribution in [0.3, 0.4) is 0 Å². The van der Waals surface area contributed by atoms with Crippen molar-refractivity contribution in [2.75, 3.05) is 25.7 Å². The first-order valence-corrected chi connectivity index (χ1v) is 10.7. The monoisotopic (exact) mass is 426 g/mol. The summed E-state index contributed by atoms with van der Waals surface area (Å²) >= 11 is 0. The summed E-state index contributed by atoms with van der Waals surface area (Å²) in [5.74, 6) is -0.379. The predicted molar refractivity (Wildman–Crippen MR) is 109 cm³/mol. The zero-order chi connectivity index (χ0) is 22.0. The van der Waals surface area contributed by atoms with Crippen LogP contribution in [0, 0.1) is 5.41 Å². The summed E-state index contributed by atoms with van der Waals surface area (Å²) in [6.07, 6.45) is 2.93. The minimum atomic E-state index is -1.38. The van der Waals surface area contributed by atoms with Crippen molar-refractivity contribution < 1.29 is 28.7 Å². The molecule has 4 aliphatic rings. The number of ether oxygens (including phenoxy) is 2. The molecule has 8 nitrogen and oxygen atoms in total. The smallest absolute Gasteiger partial charge is 0.415 e. The number of amides is 2. The fraction of sp³-hybridized carbons (Fsp3) is 0.565. The molecule has 0 N–H and O–H groups in total. The van der Waals surface area contributed by atoms with Crippen LogP contribution in [-0.4, -0.2) is 61.5 Å². The largest absolute Gasteiger partial charge is 0.467 e. The molecule has 164 valence electrons. The van der Waals surface area contributed by atoms with Crippen LogP contribution >= 0.6 is 0 Å². The number of benzene rings is 1. The highest BCUT2D eigenvalue weighted by atomic mass is 16.5. The Kier molecular flexibility index (Phi) is 4.23. The Balaban J connectivity index is 1.89. The number of Topliss-reactive ketones (excluding diaryl/α,β-unsaturated/α-hetero) is 1. The number of nitrogens with zero attached hydrogens (tertiary/aromatic N) is 2. The fourth-order valence-corrected chi connectivity index (χ4v) is 7.44. The number of hydrogen-bond donors (Lipinski definition) is 0. The molecule has 5 rings (SSSR count). The van der Waals surface area contributed by atoms with E-state index in [0.29, 0.717) is 37.9 Å². The summed E-state index contributed by atoms with van der Waals surface area (Å²) in [6, 6.07) is 6.89. The van der Waals surface area contributed by atoms with Crippen molar-refractivity contribution in [2.45, 2.75) is 55.5 Å². The van der Waals surface area contributed by atoms with Gasteiger partial charge in [-0.15, -0.1) is 0 Å². The summed E-state index contributed by atoms with van der Waals surface area (Å²) in [5, 5.41) is 0. The van der Waals surface area contributed by atoms with Gasteiger partial charge in [0.05, 0.1) is 36.8 Å². The van der Waals surface area contributed by atoms with Crippen LogP contribution in [0.1, 0.15) is 44.1 Å². The number of ketones is 1. The first-order chi connectivity index (χ1) is 14.9. The third-order valence-corrected chi connectivity index (χ3v) is 8.36. The summed E-state index contributed by atoms with van der Waals surface area (Å²) in [4.78, 5) is 55.5. The van der Waals surface area contributed by atoms with E-state index in [4.69, 9.17) is 9.47 Å². The summed E-state index contributed by atoms with van der Waals surface area (Å²) in [6.45, 7) is 0.516. The lowest BCUT2D eigenvalue weighted by Gasteiger charge is -2.66. The molecular weight excluding hydrogens is 400 g/mol. The number of esters is 1. The second-order valence-electron chi connectivity index (χ2n) is 9.07. The van der Waals surface area contributed by atoms with E-state index in [0.717, 1.165) is 18.4 Å². The number of hydrogen-bond acceptors (Lipinski definition) is 6. The van der Waals surface area contributed by atoms with Crippen LogP contribution in [0.5, 0.6) is 0 Å². The SMILES string of the molecule is COC(=O)N1c2ccccc2[C@]23CCC(=O)[C@@]4(CCCN(C=O)[C@H]42)CC[C@]13C(=O)OC. The molecule has 0 aromatic heterocycles. The Morgan fingerprint density at radius 2 is 1.87 bits per heavy atom. The standard InChI is InChI=1S/C23H26N2O6/c1-30-19(28)23-12-11-21-9-5-13-24(14-26)18(21)22(23,10-8-17(21)27)15-6-3-4-7-16(15)25(23)20(29)31-2/h3-4,6-7,14,18H,5,8-13H2,1-2H3/t18-,21-,22-,23-/m1/s1. The number of fused-ring (bicyclic) bond motifs is 1. The maximum Gasteiger partial charge on any atom is 0.415 e. The number of likely N-dealkylation sites (tertiary alicyclic amines) is 1.